The fourth-order valence-electron chi connectivity index (χ4n) is 4.66. The van der Waals surface area contributed by atoms with Crippen molar-refractivity contribution in [2.24, 2.45) is 5.92 Å². The lowest BCUT2D eigenvalue weighted by Crippen LogP contribution is -2.34. The summed E-state index contributed by atoms with van der Waals surface area (Å²) in [5.74, 6) is 0.381. The summed E-state index contributed by atoms with van der Waals surface area (Å²) in [4.78, 5) is 0. The van der Waals surface area contributed by atoms with Crippen LogP contribution in [0.25, 0.3) is 11.1 Å². The molecule has 2 aliphatic carbocycles. The zero-order valence-electron chi connectivity index (χ0n) is 20.1. The number of benzene rings is 1. The van der Waals surface area contributed by atoms with Crippen LogP contribution in [0.1, 0.15) is 44.2 Å². The van der Waals surface area contributed by atoms with Crippen LogP contribution in [0.4, 0.5) is 17.6 Å². The Morgan fingerprint density at radius 2 is 1.46 bits per heavy atom. The summed E-state index contributed by atoms with van der Waals surface area (Å²) in [5, 5.41) is 0. The molecule has 1 fully saturated rings. The second-order valence-corrected chi connectivity index (χ2v) is 9.36. The first-order valence-electron chi connectivity index (χ1n) is 12.3. The molecule has 0 spiro atoms. The van der Waals surface area contributed by atoms with Crippen molar-refractivity contribution in [1.29, 1.82) is 0 Å². The van der Waals surface area contributed by atoms with E-state index in [-0.39, 0.29) is 23.5 Å². The van der Waals surface area contributed by atoms with Crippen LogP contribution >= 0.6 is 0 Å². The SMILES string of the molecule is CC/C=C/COC1=CC=C(c2ccc(C3=CC=C(C4CCC(C)CO4)C(F)C3F)cc2)C(F)C1F. The van der Waals surface area contributed by atoms with Crippen LogP contribution in [0.2, 0.25) is 0 Å². The summed E-state index contributed by atoms with van der Waals surface area (Å²) in [7, 11) is 0. The zero-order chi connectivity index (χ0) is 24.9. The van der Waals surface area contributed by atoms with Gasteiger partial charge in [-0.2, -0.15) is 0 Å². The fourth-order valence-corrected chi connectivity index (χ4v) is 4.66. The molecule has 0 saturated carbocycles. The van der Waals surface area contributed by atoms with Crippen LogP contribution in [0.3, 0.4) is 0 Å². The Labute approximate surface area is 204 Å². The minimum atomic E-state index is -1.90. The Hall–Kier alpha value is -2.60. The lowest BCUT2D eigenvalue weighted by Gasteiger charge is -2.33. The van der Waals surface area contributed by atoms with E-state index in [9.17, 15) is 8.78 Å². The van der Waals surface area contributed by atoms with Gasteiger partial charge in [-0.25, -0.2) is 17.6 Å². The maximum Gasteiger partial charge on any atom is 0.192 e. The van der Waals surface area contributed by atoms with Crippen molar-refractivity contribution in [2.45, 2.75) is 63.9 Å². The molecule has 0 amide bonds. The zero-order valence-corrected chi connectivity index (χ0v) is 20.1. The van der Waals surface area contributed by atoms with Crippen molar-refractivity contribution in [3.63, 3.8) is 0 Å². The molecule has 1 heterocycles. The average Bonchev–Trinajstić information content (AvgIpc) is 2.87. The van der Waals surface area contributed by atoms with Crippen LogP contribution in [0.15, 0.2) is 72.1 Å². The highest BCUT2D eigenvalue weighted by Gasteiger charge is 2.37. The molecule has 1 aliphatic heterocycles. The Morgan fingerprint density at radius 1 is 0.829 bits per heavy atom. The Bertz CT molecular complexity index is 1030. The molecule has 3 aliphatic rings. The van der Waals surface area contributed by atoms with E-state index in [0.717, 1.165) is 12.8 Å². The molecule has 0 N–H and O–H groups in total. The van der Waals surface area contributed by atoms with Crippen LogP contribution in [0, 0.1) is 5.92 Å². The van der Waals surface area contributed by atoms with Gasteiger partial charge in [-0.15, -0.1) is 0 Å². The van der Waals surface area contributed by atoms with E-state index < -0.39 is 30.8 Å². The highest BCUT2D eigenvalue weighted by Crippen LogP contribution is 2.38. The molecule has 0 bridgehead atoms. The Balaban J connectivity index is 1.49. The van der Waals surface area contributed by atoms with Crippen molar-refractivity contribution in [3.05, 3.63) is 83.2 Å². The van der Waals surface area contributed by atoms with Crippen molar-refractivity contribution in [2.75, 3.05) is 13.2 Å². The third-order valence-electron chi connectivity index (χ3n) is 6.76. The molecule has 0 aromatic heterocycles. The topological polar surface area (TPSA) is 18.5 Å². The summed E-state index contributed by atoms with van der Waals surface area (Å²) in [6, 6.07) is 6.44. The highest BCUT2D eigenvalue weighted by molar-refractivity contribution is 5.77. The van der Waals surface area contributed by atoms with Gasteiger partial charge < -0.3 is 9.47 Å². The fraction of sp³-hybridized carbons (Fsp3) is 0.448. The second kappa shape index (κ2) is 11.4. The average molecular weight is 489 g/mol. The van der Waals surface area contributed by atoms with E-state index >= 15 is 8.78 Å². The molecule has 188 valence electrons. The van der Waals surface area contributed by atoms with Gasteiger partial charge in [0.05, 0.1) is 6.10 Å². The van der Waals surface area contributed by atoms with Crippen molar-refractivity contribution < 1.29 is 27.0 Å². The molecule has 6 unspecified atom stereocenters. The summed E-state index contributed by atoms with van der Waals surface area (Å²) >= 11 is 0. The van der Waals surface area contributed by atoms with E-state index in [1.807, 2.05) is 13.0 Å². The third kappa shape index (κ3) is 5.64. The van der Waals surface area contributed by atoms with E-state index in [2.05, 4.69) is 6.92 Å². The van der Waals surface area contributed by atoms with Gasteiger partial charge in [0.2, 0.25) is 0 Å². The monoisotopic (exact) mass is 488 g/mol. The maximum atomic E-state index is 15.1. The molecular weight excluding hydrogens is 456 g/mol. The molecule has 1 saturated heterocycles. The highest BCUT2D eigenvalue weighted by atomic mass is 19.2. The van der Waals surface area contributed by atoms with E-state index in [1.165, 1.54) is 12.2 Å². The summed E-state index contributed by atoms with van der Waals surface area (Å²) in [6.07, 6.45) is 4.52. The normalized spacial score (nSPS) is 31.5. The van der Waals surface area contributed by atoms with Crippen molar-refractivity contribution in [3.8, 4) is 0 Å². The molecule has 0 radical (unpaired) electrons. The van der Waals surface area contributed by atoms with Crippen LogP contribution in [-0.4, -0.2) is 44.0 Å². The Kier molecular flexibility index (Phi) is 8.32. The lowest BCUT2D eigenvalue weighted by molar-refractivity contribution is 0.000360. The van der Waals surface area contributed by atoms with Gasteiger partial charge in [-0.1, -0.05) is 68.5 Å². The van der Waals surface area contributed by atoms with E-state index in [4.69, 9.17) is 9.47 Å². The first kappa shape index (κ1) is 25.5. The quantitative estimate of drug-likeness (QED) is 0.293. The van der Waals surface area contributed by atoms with E-state index in [1.54, 1.807) is 42.5 Å². The van der Waals surface area contributed by atoms with Crippen LogP contribution < -0.4 is 0 Å². The maximum absolute atomic E-state index is 15.1. The summed E-state index contributed by atoms with van der Waals surface area (Å²) < 4.78 is 70.6. The minimum absolute atomic E-state index is 0.0424. The Morgan fingerprint density at radius 3 is 2.06 bits per heavy atom. The number of rotatable bonds is 7. The first-order chi connectivity index (χ1) is 16.9. The van der Waals surface area contributed by atoms with Gasteiger partial charge in [0.15, 0.2) is 24.7 Å². The molecule has 4 rings (SSSR count). The van der Waals surface area contributed by atoms with Crippen molar-refractivity contribution >= 4 is 11.1 Å². The minimum Gasteiger partial charge on any atom is -0.491 e. The number of halogens is 4. The standard InChI is InChI=1S/C29H32F4O2/c1-3-4-5-16-34-25-15-13-22(27(31)29(25)33)20-9-7-19(8-10-20)21-11-12-23(28(32)26(21)30)24-14-6-18(2)17-35-24/h4-5,7-13,15,18,24,26-29H,3,6,14,16-17H2,1-2H3/b5-4+. The first-order valence-corrected chi connectivity index (χ1v) is 12.3. The summed E-state index contributed by atoms with van der Waals surface area (Å²) in [5.41, 5.74) is 1.74. The third-order valence-corrected chi connectivity index (χ3v) is 6.76. The number of hydrogen-bond acceptors (Lipinski definition) is 2. The second-order valence-electron chi connectivity index (χ2n) is 9.36. The van der Waals surface area contributed by atoms with Gasteiger partial charge in [0, 0.05) is 6.61 Å². The van der Waals surface area contributed by atoms with Gasteiger partial charge in [0.25, 0.3) is 0 Å². The number of ether oxygens (including phenoxy) is 2. The van der Waals surface area contributed by atoms with Gasteiger partial charge >= 0.3 is 0 Å². The molecule has 6 heteroatoms. The van der Waals surface area contributed by atoms with Crippen LogP contribution in [0.5, 0.6) is 0 Å². The molecule has 1 aromatic carbocycles. The predicted molar refractivity (Wildman–Crippen MR) is 132 cm³/mol. The smallest absolute Gasteiger partial charge is 0.192 e. The lowest BCUT2D eigenvalue weighted by atomic mass is 9.84. The van der Waals surface area contributed by atoms with Crippen LogP contribution in [-0.2, 0) is 9.47 Å². The molecule has 1 aromatic rings. The molecular formula is C29H32F4O2. The van der Waals surface area contributed by atoms with Crippen molar-refractivity contribution in [1.82, 2.24) is 0 Å². The summed E-state index contributed by atoms with van der Waals surface area (Å²) in [6.45, 7) is 4.78. The molecule has 35 heavy (non-hydrogen) atoms. The van der Waals surface area contributed by atoms with Gasteiger partial charge in [0.1, 0.15) is 12.4 Å². The van der Waals surface area contributed by atoms with Gasteiger partial charge in [-0.3, -0.25) is 0 Å². The number of allylic oxidation sites excluding steroid dienone is 8. The number of hydrogen-bond donors (Lipinski definition) is 0. The van der Waals surface area contributed by atoms with Gasteiger partial charge in [-0.05, 0) is 59.1 Å². The molecule has 2 nitrogen and oxygen atoms in total. The largest absolute Gasteiger partial charge is 0.491 e. The number of alkyl halides is 4. The molecule has 6 atom stereocenters. The van der Waals surface area contributed by atoms with E-state index in [0.29, 0.717) is 35.6 Å². The predicted octanol–water partition coefficient (Wildman–Crippen LogP) is 7.44.